The second kappa shape index (κ2) is 7.65. The van der Waals surface area contributed by atoms with Gasteiger partial charge in [0.1, 0.15) is 0 Å². The van der Waals surface area contributed by atoms with Crippen molar-refractivity contribution in [3.8, 4) is 0 Å². The number of carbonyl (C=O) groups excluding carboxylic acids is 2. The molecule has 0 N–H and O–H groups in total. The largest absolute Gasteiger partial charge is 0.347 e. The molecule has 4 rings (SSSR count). The Morgan fingerprint density at radius 2 is 1.81 bits per heavy atom. The highest BCUT2D eigenvalue weighted by Gasteiger charge is 2.39. The highest BCUT2D eigenvalue weighted by molar-refractivity contribution is 6.29. The number of allylic oxidation sites excluding steroid dienone is 3. The first-order chi connectivity index (χ1) is 14.8. The van der Waals surface area contributed by atoms with Crippen molar-refractivity contribution in [1.29, 1.82) is 0 Å². The first kappa shape index (κ1) is 20.8. The molecule has 5 heteroatoms. The van der Waals surface area contributed by atoms with Crippen LogP contribution in [0.2, 0.25) is 0 Å². The van der Waals surface area contributed by atoms with Crippen LogP contribution in [0.4, 0.5) is 11.4 Å². The molecule has 2 aliphatic rings. The van der Waals surface area contributed by atoms with Gasteiger partial charge in [-0.05, 0) is 55.0 Å². The number of Topliss-reactive ketones (excluding diaryl/α,β-unsaturated/α-hetero) is 1. The molecule has 0 fully saturated rings. The van der Waals surface area contributed by atoms with Gasteiger partial charge in [-0.2, -0.15) is 10.1 Å². The number of anilines is 2. The van der Waals surface area contributed by atoms with Gasteiger partial charge in [0, 0.05) is 35.8 Å². The van der Waals surface area contributed by atoms with Gasteiger partial charge in [0.25, 0.3) is 5.91 Å². The molecule has 0 radical (unpaired) electrons. The lowest BCUT2D eigenvalue weighted by molar-refractivity contribution is -0.114. The summed E-state index contributed by atoms with van der Waals surface area (Å²) in [7, 11) is 2.02. The number of hydrazone groups is 1. The lowest BCUT2D eigenvalue weighted by atomic mass is 9.82. The Hall–Kier alpha value is -3.47. The van der Waals surface area contributed by atoms with Gasteiger partial charge in [-0.25, -0.2) is 0 Å². The first-order valence-corrected chi connectivity index (χ1v) is 10.5. The van der Waals surface area contributed by atoms with Crippen molar-refractivity contribution < 1.29 is 9.59 Å². The molecule has 0 spiro atoms. The van der Waals surface area contributed by atoms with Crippen molar-refractivity contribution in [2.75, 3.05) is 17.0 Å². The van der Waals surface area contributed by atoms with Crippen LogP contribution >= 0.6 is 0 Å². The van der Waals surface area contributed by atoms with Crippen molar-refractivity contribution >= 4 is 28.8 Å². The van der Waals surface area contributed by atoms with E-state index in [0.717, 1.165) is 28.2 Å². The van der Waals surface area contributed by atoms with Crippen molar-refractivity contribution in [3.63, 3.8) is 0 Å². The molecule has 0 saturated heterocycles. The number of rotatable bonds is 4. The van der Waals surface area contributed by atoms with Crippen LogP contribution in [0.1, 0.15) is 50.0 Å². The molecule has 0 atom stereocenters. The summed E-state index contributed by atoms with van der Waals surface area (Å²) < 4.78 is 0. The number of benzene rings is 2. The Bertz CT molecular complexity index is 1160. The fourth-order valence-corrected chi connectivity index (χ4v) is 4.33. The van der Waals surface area contributed by atoms with Crippen LogP contribution in [0.25, 0.3) is 0 Å². The lowest BCUT2D eigenvalue weighted by Gasteiger charge is -2.24. The molecule has 2 aliphatic heterocycles. The van der Waals surface area contributed by atoms with E-state index in [1.54, 1.807) is 0 Å². The molecule has 5 nitrogen and oxygen atoms in total. The molecular weight excluding hydrogens is 386 g/mol. The molecule has 158 valence electrons. The molecule has 1 amide bonds. The molecule has 2 aromatic rings. The number of nitrogens with zero attached hydrogens (tertiary/aromatic N) is 3. The third kappa shape index (κ3) is 3.40. The number of ketones is 1. The highest BCUT2D eigenvalue weighted by Crippen LogP contribution is 2.47. The third-order valence-electron chi connectivity index (χ3n) is 6.15. The summed E-state index contributed by atoms with van der Waals surface area (Å²) in [4.78, 5) is 27.3. The fraction of sp³-hybridized carbons (Fsp3) is 0.269. The Kier molecular flexibility index (Phi) is 5.13. The number of carbonyl (C=O) groups is 2. The van der Waals surface area contributed by atoms with E-state index in [-0.39, 0.29) is 17.1 Å². The molecular formula is C26H27N3O2. The van der Waals surface area contributed by atoms with Crippen LogP contribution in [0.15, 0.2) is 77.1 Å². The average Bonchev–Trinajstić information content (AvgIpc) is 3.16. The van der Waals surface area contributed by atoms with Gasteiger partial charge in [-0.15, -0.1) is 0 Å². The van der Waals surface area contributed by atoms with Crippen LogP contribution in [-0.4, -0.2) is 24.4 Å². The smallest absolute Gasteiger partial charge is 0.280 e. The number of hydrogen-bond donors (Lipinski definition) is 0. The van der Waals surface area contributed by atoms with Gasteiger partial charge < -0.3 is 4.90 Å². The maximum absolute atomic E-state index is 13.0. The molecule has 0 bridgehead atoms. The van der Waals surface area contributed by atoms with Gasteiger partial charge >= 0.3 is 0 Å². The van der Waals surface area contributed by atoms with Crippen LogP contribution in [0.5, 0.6) is 0 Å². The van der Waals surface area contributed by atoms with E-state index in [2.05, 4.69) is 23.8 Å². The maximum atomic E-state index is 13.0. The fourth-order valence-electron chi connectivity index (χ4n) is 4.33. The Labute approximate surface area is 183 Å². The SMILES string of the molecule is CCC(=O)c1ccc2c(c1)C(C)(C)/C(=C\C=C1/C(=O)N(c3ccccc3)N=C1C)N2C. The Balaban J connectivity index is 1.69. The maximum Gasteiger partial charge on any atom is 0.280 e. The van der Waals surface area contributed by atoms with Crippen molar-refractivity contribution in [2.45, 2.75) is 39.5 Å². The number of hydrogen-bond acceptors (Lipinski definition) is 4. The molecule has 31 heavy (non-hydrogen) atoms. The molecule has 2 heterocycles. The summed E-state index contributed by atoms with van der Waals surface area (Å²) in [5, 5.41) is 5.90. The second-order valence-electron chi connectivity index (χ2n) is 8.46. The van der Waals surface area contributed by atoms with Crippen LogP contribution < -0.4 is 9.91 Å². The summed E-state index contributed by atoms with van der Waals surface area (Å²) in [6.45, 7) is 8.03. The van der Waals surface area contributed by atoms with E-state index in [4.69, 9.17) is 0 Å². The summed E-state index contributed by atoms with van der Waals surface area (Å²) >= 11 is 0. The number of fused-ring (bicyclic) bond motifs is 1. The van der Waals surface area contributed by atoms with E-state index in [9.17, 15) is 9.59 Å². The van der Waals surface area contributed by atoms with Gasteiger partial charge in [-0.3, -0.25) is 9.59 Å². The van der Waals surface area contributed by atoms with Crippen molar-refractivity contribution in [1.82, 2.24) is 0 Å². The predicted octanol–water partition coefficient (Wildman–Crippen LogP) is 5.24. The first-order valence-electron chi connectivity index (χ1n) is 10.5. The zero-order valence-electron chi connectivity index (χ0n) is 18.6. The van der Waals surface area contributed by atoms with E-state index < -0.39 is 0 Å². The number of para-hydroxylation sites is 1. The van der Waals surface area contributed by atoms with Crippen LogP contribution in [0.3, 0.4) is 0 Å². The Morgan fingerprint density at radius 1 is 1.10 bits per heavy atom. The van der Waals surface area contributed by atoms with E-state index in [1.165, 1.54) is 5.01 Å². The lowest BCUT2D eigenvalue weighted by Crippen LogP contribution is -2.23. The monoisotopic (exact) mass is 413 g/mol. The zero-order chi connectivity index (χ0) is 22.3. The standard InChI is InChI=1S/C26H27N3O2/c1-6-23(30)18-12-14-22-21(16-18)26(3,4)24(28(22)5)15-13-20-17(2)27-29(25(20)31)19-10-8-7-9-11-19/h7-16H,6H2,1-5H3/b20-13-,24-15+. The predicted molar refractivity (Wildman–Crippen MR) is 126 cm³/mol. The number of likely N-dealkylation sites (N-methyl/N-ethyl adjacent to an activating group) is 1. The van der Waals surface area contributed by atoms with Crippen molar-refractivity contribution in [2.24, 2.45) is 5.10 Å². The highest BCUT2D eigenvalue weighted by atomic mass is 16.2. The van der Waals surface area contributed by atoms with Gasteiger partial charge in [0.2, 0.25) is 0 Å². The zero-order valence-corrected chi connectivity index (χ0v) is 18.6. The molecule has 2 aromatic carbocycles. The van der Waals surface area contributed by atoms with Gasteiger partial charge in [-0.1, -0.05) is 39.0 Å². The summed E-state index contributed by atoms with van der Waals surface area (Å²) in [6.07, 6.45) is 4.35. The van der Waals surface area contributed by atoms with E-state index >= 15 is 0 Å². The van der Waals surface area contributed by atoms with Crippen LogP contribution in [0, 0.1) is 0 Å². The summed E-state index contributed by atoms with van der Waals surface area (Å²) in [6, 6.07) is 15.4. The molecule has 0 saturated carbocycles. The van der Waals surface area contributed by atoms with Crippen LogP contribution in [-0.2, 0) is 10.2 Å². The summed E-state index contributed by atoms with van der Waals surface area (Å²) in [5.41, 5.74) is 5.74. The van der Waals surface area contributed by atoms with Gasteiger partial charge in [0.05, 0.1) is 17.0 Å². The molecule has 0 unspecified atom stereocenters. The average molecular weight is 414 g/mol. The quantitative estimate of drug-likeness (QED) is 0.509. The topological polar surface area (TPSA) is 53.0 Å². The minimum atomic E-state index is -0.295. The molecule has 0 aromatic heterocycles. The normalized spacial score (nSPS) is 19.9. The summed E-state index contributed by atoms with van der Waals surface area (Å²) in [5.74, 6) is 0.0116. The van der Waals surface area contributed by atoms with Gasteiger partial charge in [0.15, 0.2) is 5.78 Å². The number of amides is 1. The molecule has 0 aliphatic carbocycles. The minimum absolute atomic E-state index is 0.132. The minimum Gasteiger partial charge on any atom is -0.347 e. The van der Waals surface area contributed by atoms with Crippen molar-refractivity contribution in [3.05, 3.63) is 83.1 Å². The Morgan fingerprint density at radius 3 is 2.48 bits per heavy atom. The van der Waals surface area contributed by atoms with E-state index in [0.29, 0.717) is 17.7 Å². The van der Waals surface area contributed by atoms with E-state index in [1.807, 2.05) is 81.6 Å². The second-order valence-corrected chi connectivity index (χ2v) is 8.46. The third-order valence-corrected chi connectivity index (χ3v) is 6.15.